The number of halogens is 1. The highest BCUT2D eigenvalue weighted by molar-refractivity contribution is 7.98. The highest BCUT2D eigenvalue weighted by Gasteiger charge is 2.10. The van der Waals surface area contributed by atoms with Crippen LogP contribution in [0.4, 0.5) is 5.82 Å². The molecular formula is C13H11ClN4S. The molecule has 0 bridgehead atoms. The summed E-state index contributed by atoms with van der Waals surface area (Å²) in [5.41, 5.74) is 1.42. The van der Waals surface area contributed by atoms with Crippen molar-refractivity contribution in [1.82, 2.24) is 9.97 Å². The van der Waals surface area contributed by atoms with Gasteiger partial charge in [0, 0.05) is 11.6 Å². The first kappa shape index (κ1) is 13.7. The molecule has 1 aromatic carbocycles. The number of nitrogens with zero attached hydrogens (tertiary/aromatic N) is 3. The Bertz CT molecular complexity index is 624. The quantitative estimate of drug-likeness (QED) is 0.691. The van der Waals surface area contributed by atoms with Crippen LogP contribution in [-0.2, 0) is 6.54 Å². The van der Waals surface area contributed by atoms with Gasteiger partial charge in [-0.15, -0.1) is 11.8 Å². The standard InChI is InChI=1S/C13H11ClN4S/c1-19-13-10(6-15)12(17-8-18-13)16-7-9-4-2-3-5-11(9)14/h2-5,8H,7H2,1H3,(H,16,17,18). The number of nitrogens with one attached hydrogen (secondary N) is 1. The number of aromatic nitrogens is 2. The summed E-state index contributed by atoms with van der Waals surface area (Å²) in [5.74, 6) is 0.529. The van der Waals surface area contributed by atoms with Crippen LogP contribution in [0.25, 0.3) is 0 Å². The zero-order valence-electron chi connectivity index (χ0n) is 10.2. The molecule has 19 heavy (non-hydrogen) atoms. The molecule has 6 heteroatoms. The summed E-state index contributed by atoms with van der Waals surface area (Å²) in [6.07, 6.45) is 3.32. The fraction of sp³-hybridized carbons (Fsp3) is 0.154. The highest BCUT2D eigenvalue weighted by atomic mass is 35.5. The molecule has 0 fully saturated rings. The van der Waals surface area contributed by atoms with Crippen molar-refractivity contribution >= 4 is 29.2 Å². The summed E-state index contributed by atoms with van der Waals surface area (Å²) < 4.78 is 0. The van der Waals surface area contributed by atoms with Crippen molar-refractivity contribution in [3.8, 4) is 6.07 Å². The Morgan fingerprint density at radius 2 is 2.16 bits per heavy atom. The number of hydrogen-bond acceptors (Lipinski definition) is 5. The van der Waals surface area contributed by atoms with Crippen LogP contribution in [0.3, 0.4) is 0 Å². The van der Waals surface area contributed by atoms with E-state index in [9.17, 15) is 5.26 Å². The first-order chi connectivity index (χ1) is 9.26. The molecule has 2 rings (SSSR count). The zero-order chi connectivity index (χ0) is 13.7. The maximum atomic E-state index is 9.17. The van der Waals surface area contributed by atoms with E-state index in [0.717, 1.165) is 5.56 Å². The Balaban J connectivity index is 2.21. The lowest BCUT2D eigenvalue weighted by Crippen LogP contribution is -2.05. The largest absolute Gasteiger partial charge is 0.365 e. The number of anilines is 1. The van der Waals surface area contributed by atoms with Crippen molar-refractivity contribution < 1.29 is 0 Å². The molecule has 0 saturated carbocycles. The second-order valence-corrected chi connectivity index (χ2v) is 4.87. The maximum absolute atomic E-state index is 9.17. The molecule has 1 aromatic heterocycles. The lowest BCUT2D eigenvalue weighted by Gasteiger charge is -2.09. The van der Waals surface area contributed by atoms with Gasteiger partial charge in [0.25, 0.3) is 0 Å². The van der Waals surface area contributed by atoms with E-state index in [0.29, 0.717) is 28.0 Å². The molecule has 0 radical (unpaired) electrons. The van der Waals surface area contributed by atoms with E-state index in [2.05, 4.69) is 21.4 Å². The molecule has 0 amide bonds. The fourth-order valence-electron chi connectivity index (χ4n) is 1.58. The molecule has 2 aromatic rings. The highest BCUT2D eigenvalue weighted by Crippen LogP contribution is 2.23. The topological polar surface area (TPSA) is 61.6 Å². The maximum Gasteiger partial charge on any atom is 0.148 e. The normalized spacial score (nSPS) is 9.95. The van der Waals surface area contributed by atoms with Crippen molar-refractivity contribution in [3.05, 3.63) is 46.7 Å². The van der Waals surface area contributed by atoms with E-state index in [1.54, 1.807) is 0 Å². The van der Waals surface area contributed by atoms with E-state index in [1.165, 1.54) is 18.1 Å². The molecule has 0 atom stereocenters. The molecule has 0 aliphatic carbocycles. The molecular weight excluding hydrogens is 280 g/mol. The van der Waals surface area contributed by atoms with E-state index in [4.69, 9.17) is 11.6 Å². The van der Waals surface area contributed by atoms with Gasteiger partial charge in [-0.1, -0.05) is 29.8 Å². The molecule has 1 heterocycles. The average Bonchev–Trinajstić information content (AvgIpc) is 2.45. The number of nitriles is 1. The predicted molar refractivity (Wildman–Crippen MR) is 77.3 cm³/mol. The minimum atomic E-state index is 0.460. The Kier molecular flexibility index (Phi) is 4.61. The van der Waals surface area contributed by atoms with Gasteiger partial charge in [-0.2, -0.15) is 5.26 Å². The van der Waals surface area contributed by atoms with Gasteiger partial charge in [-0.3, -0.25) is 0 Å². The van der Waals surface area contributed by atoms with Gasteiger partial charge >= 0.3 is 0 Å². The van der Waals surface area contributed by atoms with E-state index in [-0.39, 0.29) is 0 Å². The van der Waals surface area contributed by atoms with Crippen molar-refractivity contribution in [2.45, 2.75) is 11.6 Å². The molecule has 4 nitrogen and oxygen atoms in total. The summed E-state index contributed by atoms with van der Waals surface area (Å²) in [5, 5.41) is 13.7. The van der Waals surface area contributed by atoms with Gasteiger partial charge in [0.15, 0.2) is 0 Å². The second-order valence-electron chi connectivity index (χ2n) is 3.66. The van der Waals surface area contributed by atoms with Crippen LogP contribution in [0.2, 0.25) is 5.02 Å². The smallest absolute Gasteiger partial charge is 0.148 e. The first-order valence-electron chi connectivity index (χ1n) is 5.52. The predicted octanol–water partition coefficient (Wildman–Crippen LogP) is 3.34. The average molecular weight is 291 g/mol. The number of benzene rings is 1. The molecule has 96 valence electrons. The summed E-state index contributed by atoms with van der Waals surface area (Å²) in [6.45, 7) is 0.513. The number of thioether (sulfide) groups is 1. The zero-order valence-corrected chi connectivity index (χ0v) is 11.8. The van der Waals surface area contributed by atoms with Crippen LogP contribution in [0.1, 0.15) is 11.1 Å². The van der Waals surface area contributed by atoms with E-state index in [1.807, 2.05) is 30.5 Å². The summed E-state index contributed by atoms with van der Waals surface area (Å²) in [4.78, 5) is 8.17. The molecule has 0 unspecified atom stereocenters. The summed E-state index contributed by atoms with van der Waals surface area (Å²) in [6, 6.07) is 9.68. The molecule has 1 N–H and O–H groups in total. The summed E-state index contributed by atoms with van der Waals surface area (Å²) >= 11 is 7.50. The fourth-order valence-corrected chi connectivity index (χ4v) is 2.28. The van der Waals surface area contributed by atoms with Gasteiger partial charge in [-0.25, -0.2) is 9.97 Å². The van der Waals surface area contributed by atoms with Gasteiger partial charge in [0.05, 0.1) is 0 Å². The van der Waals surface area contributed by atoms with E-state index < -0.39 is 0 Å². The van der Waals surface area contributed by atoms with Gasteiger partial charge in [0.1, 0.15) is 28.8 Å². The van der Waals surface area contributed by atoms with Crippen molar-refractivity contribution in [3.63, 3.8) is 0 Å². The lowest BCUT2D eigenvalue weighted by molar-refractivity contribution is 1.00. The third-order valence-corrected chi connectivity index (χ3v) is 3.59. The summed E-state index contributed by atoms with van der Waals surface area (Å²) in [7, 11) is 0. The number of hydrogen-bond donors (Lipinski definition) is 1. The van der Waals surface area contributed by atoms with Crippen molar-refractivity contribution in [2.24, 2.45) is 0 Å². The lowest BCUT2D eigenvalue weighted by atomic mass is 10.2. The third kappa shape index (κ3) is 3.16. The monoisotopic (exact) mass is 290 g/mol. The molecule has 0 aliphatic rings. The van der Waals surface area contributed by atoms with Crippen molar-refractivity contribution in [2.75, 3.05) is 11.6 Å². The van der Waals surface area contributed by atoms with Crippen LogP contribution in [0.15, 0.2) is 35.6 Å². The Labute approximate surface area is 120 Å². The van der Waals surface area contributed by atoms with Gasteiger partial charge in [0.2, 0.25) is 0 Å². The third-order valence-electron chi connectivity index (χ3n) is 2.52. The SMILES string of the molecule is CSc1ncnc(NCc2ccccc2Cl)c1C#N. The minimum absolute atomic E-state index is 0.460. The Hall–Kier alpha value is -1.77. The second kappa shape index (κ2) is 6.41. The Morgan fingerprint density at radius 1 is 1.37 bits per heavy atom. The molecule has 0 spiro atoms. The molecule has 0 aliphatic heterocycles. The first-order valence-corrected chi connectivity index (χ1v) is 7.13. The molecule has 0 saturated heterocycles. The van der Waals surface area contributed by atoms with Crippen LogP contribution >= 0.6 is 23.4 Å². The van der Waals surface area contributed by atoms with E-state index >= 15 is 0 Å². The van der Waals surface area contributed by atoms with Crippen LogP contribution in [0, 0.1) is 11.3 Å². The van der Waals surface area contributed by atoms with Crippen LogP contribution < -0.4 is 5.32 Å². The minimum Gasteiger partial charge on any atom is -0.365 e. The number of rotatable bonds is 4. The Morgan fingerprint density at radius 3 is 2.84 bits per heavy atom. The van der Waals surface area contributed by atoms with Gasteiger partial charge in [-0.05, 0) is 17.9 Å². The van der Waals surface area contributed by atoms with Crippen LogP contribution in [0.5, 0.6) is 0 Å². The van der Waals surface area contributed by atoms with Gasteiger partial charge < -0.3 is 5.32 Å². The van der Waals surface area contributed by atoms with Crippen LogP contribution in [-0.4, -0.2) is 16.2 Å². The van der Waals surface area contributed by atoms with Crippen molar-refractivity contribution in [1.29, 1.82) is 5.26 Å².